The third kappa shape index (κ3) is 9.15. The van der Waals surface area contributed by atoms with E-state index in [1.807, 2.05) is 60.7 Å². The minimum Gasteiger partial charge on any atom is -0.456 e. The molecule has 1 N–H and O–H groups in total. The number of benzene rings is 4. The number of aliphatic hydroxyl groups excluding tert-OH is 1. The highest BCUT2D eigenvalue weighted by Gasteiger charge is 2.35. The highest BCUT2D eigenvalue weighted by Crippen LogP contribution is 2.34. The van der Waals surface area contributed by atoms with Gasteiger partial charge in [0.05, 0.1) is 12.0 Å². The van der Waals surface area contributed by atoms with Gasteiger partial charge in [-0.25, -0.2) is 0 Å². The molecule has 0 aromatic heterocycles. The third-order valence-electron chi connectivity index (χ3n) is 9.10. The Morgan fingerprint density at radius 3 is 1.84 bits per heavy atom. The molecule has 0 amide bonds. The molecule has 4 atom stereocenters. The van der Waals surface area contributed by atoms with Crippen LogP contribution >= 0.6 is 0 Å². The summed E-state index contributed by atoms with van der Waals surface area (Å²) in [6, 6.07) is 32.4. The first-order valence-corrected chi connectivity index (χ1v) is 16.4. The molecule has 4 aromatic carbocycles. The number of esters is 1. The number of rotatable bonds is 14. The molecule has 4 rings (SSSR count). The number of carbonyl (C=O) groups is 1. The van der Waals surface area contributed by atoms with E-state index in [0.29, 0.717) is 18.9 Å². The zero-order chi connectivity index (χ0) is 32.5. The third-order valence-corrected chi connectivity index (χ3v) is 9.10. The Balaban J connectivity index is 1.72. The Hall–Kier alpha value is -3.73. The molecular formula is C41H51NO3. The van der Waals surface area contributed by atoms with Gasteiger partial charge in [-0.15, -0.1) is 0 Å². The van der Waals surface area contributed by atoms with Crippen molar-refractivity contribution >= 4 is 5.97 Å². The van der Waals surface area contributed by atoms with Crippen LogP contribution in [0.5, 0.6) is 0 Å². The van der Waals surface area contributed by atoms with E-state index in [4.69, 9.17) is 4.74 Å². The molecule has 0 spiro atoms. The van der Waals surface area contributed by atoms with E-state index in [-0.39, 0.29) is 12.0 Å². The predicted octanol–water partition coefficient (Wildman–Crippen LogP) is 9.38. The standard InChI is InChI=1S/C41H51NO3/c1-28(2)22-23-37(39(43)34-17-10-8-11-18-34)41(44)45-40(35-19-12-9-13-20-35)33(7)42(26-36-21-15-14-16-30(36)4)27-38-31(5)24-29(3)25-32(38)6/h8-21,24-25,28,33,37,39-40,43H,22-23,26-27H2,1-7H3/t33-,37-,39-,40-/m0/s1. The summed E-state index contributed by atoms with van der Waals surface area (Å²) >= 11 is 0. The van der Waals surface area contributed by atoms with Crippen molar-refractivity contribution in [1.82, 2.24) is 4.90 Å². The van der Waals surface area contributed by atoms with Gasteiger partial charge in [0.25, 0.3) is 0 Å². The average molecular weight is 606 g/mol. The van der Waals surface area contributed by atoms with Crippen LogP contribution in [0.3, 0.4) is 0 Å². The molecule has 0 saturated heterocycles. The largest absolute Gasteiger partial charge is 0.456 e. The fourth-order valence-electron chi connectivity index (χ4n) is 6.30. The molecule has 0 aliphatic heterocycles. The van der Waals surface area contributed by atoms with Crippen LogP contribution in [-0.2, 0) is 22.6 Å². The Morgan fingerprint density at radius 1 is 0.711 bits per heavy atom. The van der Waals surface area contributed by atoms with E-state index in [9.17, 15) is 9.90 Å². The van der Waals surface area contributed by atoms with Gasteiger partial charge in [-0.2, -0.15) is 0 Å². The van der Waals surface area contributed by atoms with Crippen LogP contribution < -0.4 is 0 Å². The van der Waals surface area contributed by atoms with Crippen LogP contribution in [0.1, 0.15) is 90.3 Å². The molecule has 0 aliphatic rings. The SMILES string of the molecule is Cc1cc(C)c(CN(Cc2ccccc2C)[C@@H](C)[C@H](OC(=O)[C@@H](CCC(C)C)[C@@H](O)c2ccccc2)c2ccccc2)c(C)c1. The molecule has 0 fully saturated rings. The van der Waals surface area contributed by atoms with Gasteiger partial charge < -0.3 is 9.84 Å². The van der Waals surface area contributed by atoms with Crippen molar-refractivity contribution in [3.8, 4) is 0 Å². The molecule has 0 bridgehead atoms. The van der Waals surface area contributed by atoms with Crippen molar-refractivity contribution in [3.05, 3.63) is 142 Å². The maximum atomic E-state index is 14.2. The van der Waals surface area contributed by atoms with Gasteiger partial charge in [-0.3, -0.25) is 9.69 Å². The first-order chi connectivity index (χ1) is 21.5. The van der Waals surface area contributed by atoms with Crippen molar-refractivity contribution in [2.45, 2.75) is 92.6 Å². The second-order valence-electron chi connectivity index (χ2n) is 13.2. The van der Waals surface area contributed by atoms with Crippen molar-refractivity contribution < 1.29 is 14.6 Å². The Labute approximate surface area is 271 Å². The second kappa shape index (κ2) is 16.0. The summed E-state index contributed by atoms with van der Waals surface area (Å²) in [6.07, 6.45) is -0.0963. The van der Waals surface area contributed by atoms with Crippen molar-refractivity contribution in [2.75, 3.05) is 0 Å². The van der Waals surface area contributed by atoms with Gasteiger partial charge in [0.15, 0.2) is 0 Å². The molecule has 238 valence electrons. The monoisotopic (exact) mass is 605 g/mol. The molecule has 0 unspecified atom stereocenters. The molecule has 0 heterocycles. The Morgan fingerprint density at radius 2 is 1.27 bits per heavy atom. The lowest BCUT2D eigenvalue weighted by Crippen LogP contribution is -2.40. The van der Waals surface area contributed by atoms with Gasteiger partial charge in [-0.05, 0) is 85.9 Å². The summed E-state index contributed by atoms with van der Waals surface area (Å²) in [5.41, 5.74) is 9.26. The minimum absolute atomic E-state index is 0.157. The van der Waals surface area contributed by atoms with Crippen LogP contribution in [0.2, 0.25) is 0 Å². The van der Waals surface area contributed by atoms with E-state index in [1.165, 1.54) is 33.4 Å². The number of ether oxygens (including phenoxy) is 1. The van der Waals surface area contributed by atoms with E-state index in [1.54, 1.807) is 0 Å². The van der Waals surface area contributed by atoms with Crippen LogP contribution in [0, 0.1) is 39.5 Å². The maximum Gasteiger partial charge on any atom is 0.312 e. The Kier molecular flexibility index (Phi) is 12.2. The molecule has 0 saturated carbocycles. The smallest absolute Gasteiger partial charge is 0.312 e. The molecule has 4 heteroatoms. The van der Waals surface area contributed by atoms with E-state index < -0.39 is 18.1 Å². The van der Waals surface area contributed by atoms with Crippen LogP contribution in [-0.4, -0.2) is 22.0 Å². The molecule has 0 radical (unpaired) electrons. The topological polar surface area (TPSA) is 49.8 Å². The average Bonchev–Trinajstić information content (AvgIpc) is 3.02. The van der Waals surface area contributed by atoms with E-state index in [0.717, 1.165) is 24.1 Å². The second-order valence-corrected chi connectivity index (χ2v) is 13.2. The minimum atomic E-state index is -0.940. The lowest BCUT2D eigenvalue weighted by molar-refractivity contribution is -0.163. The van der Waals surface area contributed by atoms with E-state index in [2.05, 4.69) is 89.8 Å². The highest BCUT2D eigenvalue weighted by atomic mass is 16.5. The predicted molar refractivity (Wildman–Crippen MR) is 185 cm³/mol. The molecule has 0 aliphatic carbocycles. The number of carbonyl (C=O) groups excluding carboxylic acids is 1. The lowest BCUT2D eigenvalue weighted by Gasteiger charge is -2.37. The number of hydrogen-bond acceptors (Lipinski definition) is 4. The van der Waals surface area contributed by atoms with Crippen LogP contribution in [0.15, 0.2) is 97.1 Å². The summed E-state index contributed by atoms with van der Waals surface area (Å²) in [4.78, 5) is 16.6. The number of nitrogens with zero attached hydrogens (tertiary/aromatic N) is 1. The zero-order valence-corrected chi connectivity index (χ0v) is 28.2. The normalized spacial score (nSPS) is 14.3. The number of aryl methyl sites for hydroxylation is 4. The lowest BCUT2D eigenvalue weighted by atomic mass is 9.89. The van der Waals surface area contributed by atoms with Gasteiger partial charge in [0, 0.05) is 19.1 Å². The first-order valence-electron chi connectivity index (χ1n) is 16.4. The number of hydrogen-bond donors (Lipinski definition) is 1. The Bertz CT molecular complexity index is 1490. The summed E-state index contributed by atoms with van der Waals surface area (Å²) in [6.45, 7) is 16.5. The first kappa shape index (κ1) is 34.1. The van der Waals surface area contributed by atoms with Gasteiger partial charge in [0.1, 0.15) is 6.10 Å². The maximum absolute atomic E-state index is 14.2. The van der Waals surface area contributed by atoms with Crippen molar-refractivity contribution in [3.63, 3.8) is 0 Å². The highest BCUT2D eigenvalue weighted by molar-refractivity contribution is 5.74. The summed E-state index contributed by atoms with van der Waals surface area (Å²) < 4.78 is 6.56. The fraction of sp³-hybridized carbons (Fsp3) is 0.390. The fourth-order valence-corrected chi connectivity index (χ4v) is 6.30. The molecule has 4 nitrogen and oxygen atoms in total. The van der Waals surface area contributed by atoms with Gasteiger partial charge in [-0.1, -0.05) is 123 Å². The summed E-state index contributed by atoms with van der Waals surface area (Å²) in [5.74, 6) is -0.622. The molecule has 4 aromatic rings. The van der Waals surface area contributed by atoms with Gasteiger partial charge >= 0.3 is 5.97 Å². The molecular weight excluding hydrogens is 554 g/mol. The van der Waals surface area contributed by atoms with Crippen LogP contribution in [0.25, 0.3) is 0 Å². The van der Waals surface area contributed by atoms with Crippen molar-refractivity contribution in [2.24, 2.45) is 11.8 Å². The van der Waals surface area contributed by atoms with E-state index >= 15 is 0 Å². The van der Waals surface area contributed by atoms with Crippen LogP contribution in [0.4, 0.5) is 0 Å². The van der Waals surface area contributed by atoms with Crippen molar-refractivity contribution in [1.29, 1.82) is 0 Å². The molecule has 45 heavy (non-hydrogen) atoms. The number of aliphatic hydroxyl groups is 1. The summed E-state index contributed by atoms with van der Waals surface area (Å²) in [5, 5.41) is 11.5. The summed E-state index contributed by atoms with van der Waals surface area (Å²) in [7, 11) is 0. The zero-order valence-electron chi connectivity index (χ0n) is 28.2. The quantitative estimate of drug-likeness (QED) is 0.146. The van der Waals surface area contributed by atoms with Gasteiger partial charge in [0.2, 0.25) is 0 Å².